The average molecular weight is 588 g/mol. The van der Waals surface area contributed by atoms with Crippen LogP contribution in [-0.4, -0.2) is 63.2 Å². The summed E-state index contributed by atoms with van der Waals surface area (Å²) in [5.41, 5.74) is -0.662. The van der Waals surface area contributed by atoms with Gasteiger partial charge in [-0.3, -0.25) is 23.9 Å². The van der Waals surface area contributed by atoms with Crippen LogP contribution in [0.15, 0.2) is 87.5 Å². The second-order valence-electron chi connectivity index (χ2n) is 9.19. The van der Waals surface area contributed by atoms with E-state index in [1.807, 2.05) is 18.2 Å². The number of aromatic nitrogens is 2. The third-order valence-electron chi connectivity index (χ3n) is 6.25. The van der Waals surface area contributed by atoms with Crippen LogP contribution in [0.1, 0.15) is 18.7 Å². The molecule has 6 atom stereocenters. The number of carbonyl (C=O) groups is 1. The molecule has 14 heteroatoms. The lowest BCUT2D eigenvalue weighted by atomic mass is 9.99. The molecule has 1 fully saturated rings. The summed E-state index contributed by atoms with van der Waals surface area (Å²) in [4.78, 5) is 42.2. The smallest absolute Gasteiger partial charge is 0.421 e. The number of nitrogens with zero attached hydrogens (tertiary/aromatic N) is 2. The maximum atomic E-state index is 13.7. The normalized spacial score (nSPS) is 22.7. The lowest BCUT2D eigenvalue weighted by Crippen LogP contribution is -2.36. The highest BCUT2D eigenvalue weighted by Gasteiger charge is 2.45. The maximum Gasteiger partial charge on any atom is 0.421 e. The Bertz CT molecular complexity index is 1490. The molecule has 0 aliphatic carbocycles. The molecule has 1 saturated heterocycles. The number of carbonyl (C=O) groups excluding carboxylic acids is 1. The minimum absolute atomic E-state index is 0.0393. The number of nitrogens with one attached hydrogen (secondary N) is 1. The van der Waals surface area contributed by atoms with E-state index in [-0.39, 0.29) is 12.4 Å². The van der Waals surface area contributed by atoms with Crippen molar-refractivity contribution in [2.75, 3.05) is 13.2 Å². The zero-order chi connectivity index (χ0) is 29.4. The van der Waals surface area contributed by atoms with Gasteiger partial charge in [-0.2, -0.15) is 0 Å². The molecule has 2 aromatic carbocycles. The number of aliphatic hydroxyl groups excluding tert-OH is 2. The van der Waals surface area contributed by atoms with Crippen LogP contribution in [0, 0.1) is 5.92 Å². The molecule has 1 unspecified atom stereocenters. The zero-order valence-electron chi connectivity index (χ0n) is 22.0. The number of H-pyrrole nitrogens is 1. The summed E-state index contributed by atoms with van der Waals surface area (Å²) in [5, 5.41) is 20.6. The van der Waals surface area contributed by atoms with E-state index in [0.29, 0.717) is 0 Å². The van der Waals surface area contributed by atoms with E-state index < -0.39 is 68.4 Å². The number of hydrogen-bond acceptors (Lipinski definition) is 11. The highest BCUT2D eigenvalue weighted by atomic mass is 31.2. The van der Waals surface area contributed by atoms with Gasteiger partial charge < -0.3 is 24.2 Å². The fourth-order valence-electron chi connectivity index (χ4n) is 4.02. The third-order valence-corrected chi connectivity index (χ3v) is 7.64. The Hall–Kier alpha value is -3.87. The minimum Gasteiger partial charge on any atom is -0.459 e. The molecule has 1 aliphatic rings. The Morgan fingerprint density at radius 1 is 1.15 bits per heavy atom. The van der Waals surface area contributed by atoms with Crippen molar-refractivity contribution in [1.82, 2.24) is 9.55 Å². The molecule has 1 aromatic heterocycles. The maximum absolute atomic E-state index is 13.7. The lowest BCUT2D eigenvalue weighted by molar-refractivity contribution is -0.145. The Labute approximate surface area is 234 Å². The van der Waals surface area contributed by atoms with E-state index in [4.69, 9.17) is 18.5 Å². The number of aromatic amines is 1. The molecule has 1 aliphatic heterocycles. The molecule has 0 amide bonds. The fraction of sp³-hybridized carbons (Fsp3) is 0.333. The summed E-state index contributed by atoms with van der Waals surface area (Å²) in [6, 6.07) is 17.3. The highest BCUT2D eigenvalue weighted by Crippen LogP contribution is 2.47. The van der Waals surface area contributed by atoms with Crippen molar-refractivity contribution < 1.29 is 38.1 Å². The number of benzene rings is 2. The van der Waals surface area contributed by atoms with Crippen LogP contribution in [0.2, 0.25) is 0 Å². The zero-order valence-corrected chi connectivity index (χ0v) is 22.9. The summed E-state index contributed by atoms with van der Waals surface area (Å²) in [5.74, 6) is -0.496. The Morgan fingerprint density at radius 3 is 2.49 bits per heavy atom. The monoisotopic (exact) mass is 587 g/mol. The quantitative estimate of drug-likeness (QED) is 0.161. The van der Waals surface area contributed by atoms with E-state index in [0.717, 1.165) is 28.3 Å². The molecule has 2 heterocycles. The van der Waals surface area contributed by atoms with Gasteiger partial charge in [-0.15, -0.1) is 0 Å². The van der Waals surface area contributed by atoms with Crippen molar-refractivity contribution >= 4 is 19.5 Å². The van der Waals surface area contributed by atoms with Crippen molar-refractivity contribution in [1.29, 1.82) is 0 Å². The van der Waals surface area contributed by atoms with Crippen LogP contribution in [0.4, 0.5) is 0 Å². The number of esters is 1. The predicted molar refractivity (Wildman–Crippen MR) is 147 cm³/mol. The molecule has 4 rings (SSSR count). The van der Waals surface area contributed by atoms with Gasteiger partial charge in [0.1, 0.15) is 30.5 Å². The molecule has 218 valence electrons. The number of aliphatic imine (C=N–C) groups is 1. The van der Waals surface area contributed by atoms with Crippen molar-refractivity contribution in [3.63, 3.8) is 0 Å². The minimum atomic E-state index is -4.19. The van der Waals surface area contributed by atoms with Gasteiger partial charge in [0.15, 0.2) is 6.23 Å². The van der Waals surface area contributed by atoms with Gasteiger partial charge in [-0.05, 0) is 24.6 Å². The molecule has 0 spiro atoms. The van der Waals surface area contributed by atoms with Gasteiger partial charge in [-0.25, -0.2) is 14.2 Å². The first-order valence-electron chi connectivity index (χ1n) is 12.7. The Morgan fingerprint density at radius 2 is 1.83 bits per heavy atom. The van der Waals surface area contributed by atoms with Gasteiger partial charge in [0.25, 0.3) is 5.56 Å². The number of aliphatic hydroxyl groups is 2. The van der Waals surface area contributed by atoms with Crippen LogP contribution in [0.5, 0.6) is 5.75 Å². The first kappa shape index (κ1) is 30.1. The summed E-state index contributed by atoms with van der Waals surface area (Å²) in [7, 11) is -4.19. The number of ether oxygens (including phenoxy) is 2. The summed E-state index contributed by atoms with van der Waals surface area (Å²) in [6.45, 7) is 0.505. The number of rotatable bonds is 12. The fourth-order valence-corrected chi connectivity index (χ4v) is 5.32. The summed E-state index contributed by atoms with van der Waals surface area (Å²) < 4.78 is 37.0. The molecule has 3 aromatic rings. The van der Waals surface area contributed by atoms with Gasteiger partial charge in [0, 0.05) is 18.2 Å². The van der Waals surface area contributed by atoms with Crippen molar-refractivity contribution in [3.05, 3.63) is 99.3 Å². The van der Waals surface area contributed by atoms with E-state index in [9.17, 15) is 29.2 Å². The van der Waals surface area contributed by atoms with E-state index in [1.54, 1.807) is 42.5 Å². The molecule has 13 nitrogen and oxygen atoms in total. The molecule has 3 N–H and O–H groups in total. The third kappa shape index (κ3) is 7.87. The first-order chi connectivity index (χ1) is 19.7. The van der Waals surface area contributed by atoms with Gasteiger partial charge in [0.05, 0.1) is 19.3 Å². The topological polar surface area (TPSA) is 179 Å². The van der Waals surface area contributed by atoms with Gasteiger partial charge in [-0.1, -0.05) is 48.5 Å². The lowest BCUT2D eigenvalue weighted by Gasteiger charge is -2.21. The highest BCUT2D eigenvalue weighted by molar-refractivity contribution is 7.70. The van der Waals surface area contributed by atoms with Crippen LogP contribution >= 0.6 is 7.60 Å². The second kappa shape index (κ2) is 13.7. The SMILES string of the molecule is C[C@@H](/N=C/P(=O)(OC[C@H]1O[C@@H](n2ccc(=O)[nH]c2=O)[C@H](O)[C@@H]1CO)Oc1ccccc1)C(=O)OCc1ccccc1. The number of hydrogen-bond donors (Lipinski definition) is 3. The van der Waals surface area contributed by atoms with Crippen LogP contribution in [-0.2, 0) is 30.0 Å². The molecule has 0 bridgehead atoms. The average Bonchev–Trinajstić information content (AvgIpc) is 3.29. The summed E-state index contributed by atoms with van der Waals surface area (Å²) >= 11 is 0. The molecule has 0 radical (unpaired) electrons. The number of para-hydroxylation sites is 1. The van der Waals surface area contributed by atoms with Crippen LogP contribution < -0.4 is 15.8 Å². The standard InChI is InChI=1S/C27H30N3O10P/c1-18(26(34)37-15-19-8-4-2-5-9-19)28-17-41(36,40-20-10-6-3-7-11-20)38-16-22-21(14-31)24(33)25(39-22)30-13-12-23(32)29-27(30)35/h2-13,17-18,21-22,24-25,31,33H,14-16H2,1H3,(H,29,32,35)/b28-17+/t18-,21-,22-,24-,25-,41?/m1/s1. The van der Waals surface area contributed by atoms with Gasteiger partial charge >= 0.3 is 19.3 Å². The van der Waals surface area contributed by atoms with E-state index in [1.165, 1.54) is 6.92 Å². The van der Waals surface area contributed by atoms with Crippen molar-refractivity contribution in [2.45, 2.75) is 38.0 Å². The van der Waals surface area contributed by atoms with Crippen molar-refractivity contribution in [3.8, 4) is 5.75 Å². The van der Waals surface area contributed by atoms with E-state index in [2.05, 4.69) is 9.98 Å². The largest absolute Gasteiger partial charge is 0.459 e. The van der Waals surface area contributed by atoms with Crippen LogP contribution in [0.25, 0.3) is 0 Å². The molecule has 41 heavy (non-hydrogen) atoms. The second-order valence-corrected chi connectivity index (χ2v) is 10.9. The first-order valence-corrected chi connectivity index (χ1v) is 14.3. The van der Waals surface area contributed by atoms with E-state index >= 15 is 0 Å². The van der Waals surface area contributed by atoms with Gasteiger partial charge in [0.2, 0.25) is 0 Å². The Kier molecular flexibility index (Phi) is 10.0. The predicted octanol–water partition coefficient (Wildman–Crippen LogP) is 1.85. The van der Waals surface area contributed by atoms with Crippen LogP contribution in [0.3, 0.4) is 0 Å². The Balaban J connectivity index is 1.47. The molecule has 0 saturated carbocycles. The molecular weight excluding hydrogens is 557 g/mol. The summed E-state index contributed by atoms with van der Waals surface area (Å²) in [6.07, 6.45) is -2.50. The van der Waals surface area contributed by atoms with Crippen molar-refractivity contribution in [2.24, 2.45) is 10.9 Å². The molecular formula is C27H30N3O10P.